The summed E-state index contributed by atoms with van der Waals surface area (Å²) in [7, 11) is -3.43. The van der Waals surface area contributed by atoms with E-state index in [1.165, 1.54) is 11.3 Å². The van der Waals surface area contributed by atoms with E-state index in [9.17, 15) is 8.42 Å². The lowest BCUT2D eigenvalue weighted by molar-refractivity contribution is 0.597. The van der Waals surface area contributed by atoms with Gasteiger partial charge >= 0.3 is 0 Å². The van der Waals surface area contributed by atoms with Crippen LogP contribution in [0.15, 0.2) is 6.07 Å². The molecule has 1 aromatic heterocycles. The van der Waals surface area contributed by atoms with E-state index in [0.29, 0.717) is 15.1 Å². The van der Waals surface area contributed by atoms with E-state index in [0.717, 1.165) is 5.56 Å². The highest BCUT2D eigenvalue weighted by Gasteiger charge is 2.09. The van der Waals surface area contributed by atoms with Crippen molar-refractivity contribution < 1.29 is 8.42 Å². The van der Waals surface area contributed by atoms with Crippen molar-refractivity contribution >= 4 is 44.6 Å². The minimum absolute atomic E-state index is 0.111. The standard InChI is InChI=1S/C6H7Cl2NO2S2/c7-5-3-4(6(8)12-5)1-2-13(9,10)11/h3H,1-2H2,(H2,9,10,11). The van der Waals surface area contributed by atoms with Crippen LogP contribution in [0.4, 0.5) is 0 Å². The van der Waals surface area contributed by atoms with Gasteiger partial charge in [-0.05, 0) is 18.1 Å². The Bertz CT molecular complexity index is 399. The average molecular weight is 260 g/mol. The molecule has 1 rings (SSSR count). The van der Waals surface area contributed by atoms with Gasteiger partial charge in [0.2, 0.25) is 10.0 Å². The zero-order chi connectivity index (χ0) is 10.1. The Morgan fingerprint density at radius 2 is 2.08 bits per heavy atom. The summed E-state index contributed by atoms with van der Waals surface area (Å²) >= 11 is 12.7. The first kappa shape index (κ1) is 11.3. The molecule has 13 heavy (non-hydrogen) atoms. The van der Waals surface area contributed by atoms with Gasteiger partial charge in [-0.3, -0.25) is 0 Å². The number of primary sulfonamides is 1. The second-order valence-electron chi connectivity index (χ2n) is 2.47. The molecule has 0 unspecified atom stereocenters. The zero-order valence-electron chi connectivity index (χ0n) is 6.46. The van der Waals surface area contributed by atoms with Crippen LogP contribution in [-0.4, -0.2) is 14.2 Å². The lowest BCUT2D eigenvalue weighted by Gasteiger charge is -1.96. The summed E-state index contributed by atoms with van der Waals surface area (Å²) in [6, 6.07) is 1.65. The first-order valence-electron chi connectivity index (χ1n) is 3.32. The normalized spacial score (nSPS) is 11.9. The predicted octanol–water partition coefficient (Wildman–Crippen LogP) is 1.89. The van der Waals surface area contributed by atoms with Crippen LogP contribution in [0.25, 0.3) is 0 Å². The molecule has 7 heteroatoms. The van der Waals surface area contributed by atoms with E-state index in [2.05, 4.69) is 0 Å². The van der Waals surface area contributed by atoms with Crippen molar-refractivity contribution in [2.45, 2.75) is 6.42 Å². The summed E-state index contributed by atoms with van der Waals surface area (Å²) in [6.07, 6.45) is 0.306. The Morgan fingerprint density at radius 1 is 1.46 bits per heavy atom. The smallest absolute Gasteiger partial charge is 0.209 e. The van der Waals surface area contributed by atoms with E-state index in [4.69, 9.17) is 28.3 Å². The molecule has 0 radical (unpaired) electrons. The Hall–Kier alpha value is 0.190. The quantitative estimate of drug-likeness (QED) is 0.902. The van der Waals surface area contributed by atoms with E-state index in [1.54, 1.807) is 6.07 Å². The number of hydrogen-bond donors (Lipinski definition) is 1. The Balaban J connectivity index is 2.70. The molecule has 0 saturated heterocycles. The largest absolute Gasteiger partial charge is 0.229 e. The van der Waals surface area contributed by atoms with Crippen molar-refractivity contribution in [3.8, 4) is 0 Å². The fourth-order valence-corrected chi connectivity index (χ4v) is 2.85. The number of sulfonamides is 1. The number of nitrogens with two attached hydrogens (primary N) is 1. The number of halogens is 2. The molecule has 0 bridgehead atoms. The second-order valence-corrected chi connectivity index (χ2v) is 6.49. The first-order valence-corrected chi connectivity index (χ1v) is 6.61. The molecule has 0 aliphatic carbocycles. The maximum atomic E-state index is 10.6. The van der Waals surface area contributed by atoms with E-state index >= 15 is 0 Å². The van der Waals surface area contributed by atoms with Gasteiger partial charge in [0.25, 0.3) is 0 Å². The number of rotatable bonds is 3. The molecule has 0 aliphatic heterocycles. The summed E-state index contributed by atoms with van der Waals surface area (Å²) < 4.78 is 22.3. The molecular weight excluding hydrogens is 253 g/mol. The van der Waals surface area contributed by atoms with Gasteiger partial charge in [0.05, 0.1) is 14.4 Å². The van der Waals surface area contributed by atoms with Crippen LogP contribution in [0.5, 0.6) is 0 Å². The summed E-state index contributed by atoms with van der Waals surface area (Å²) in [5, 5.41) is 4.84. The minimum Gasteiger partial charge on any atom is -0.229 e. The monoisotopic (exact) mass is 259 g/mol. The van der Waals surface area contributed by atoms with Crippen LogP contribution in [0.1, 0.15) is 5.56 Å². The Labute approximate surface area is 90.5 Å². The summed E-state index contributed by atoms with van der Waals surface area (Å²) in [6.45, 7) is 0. The molecule has 2 N–H and O–H groups in total. The van der Waals surface area contributed by atoms with Crippen LogP contribution < -0.4 is 5.14 Å². The molecule has 0 atom stereocenters. The van der Waals surface area contributed by atoms with Crippen LogP contribution in [0, 0.1) is 0 Å². The van der Waals surface area contributed by atoms with Crippen molar-refractivity contribution in [1.82, 2.24) is 0 Å². The van der Waals surface area contributed by atoms with Gasteiger partial charge in [-0.25, -0.2) is 13.6 Å². The van der Waals surface area contributed by atoms with Gasteiger partial charge < -0.3 is 0 Å². The van der Waals surface area contributed by atoms with Crippen LogP contribution >= 0.6 is 34.5 Å². The van der Waals surface area contributed by atoms with Crippen molar-refractivity contribution in [2.75, 3.05) is 5.75 Å². The molecule has 74 valence electrons. The highest BCUT2D eigenvalue weighted by atomic mass is 35.5. The summed E-state index contributed by atoms with van der Waals surface area (Å²) in [5.41, 5.74) is 0.727. The molecule has 0 aromatic carbocycles. The van der Waals surface area contributed by atoms with Crippen LogP contribution in [0.3, 0.4) is 0 Å². The lowest BCUT2D eigenvalue weighted by atomic mass is 10.3. The van der Waals surface area contributed by atoms with E-state index in [1.807, 2.05) is 0 Å². The first-order chi connectivity index (χ1) is 5.88. The molecule has 0 amide bonds. The van der Waals surface area contributed by atoms with Gasteiger partial charge in [-0.2, -0.15) is 0 Å². The third-order valence-electron chi connectivity index (χ3n) is 1.38. The third kappa shape index (κ3) is 3.83. The van der Waals surface area contributed by atoms with Crippen molar-refractivity contribution in [1.29, 1.82) is 0 Å². The Kier molecular flexibility index (Phi) is 3.59. The molecular formula is C6H7Cl2NO2S2. The van der Waals surface area contributed by atoms with E-state index < -0.39 is 10.0 Å². The molecule has 0 saturated carbocycles. The highest BCUT2D eigenvalue weighted by molar-refractivity contribution is 7.89. The molecule has 0 spiro atoms. The number of hydrogen-bond acceptors (Lipinski definition) is 3. The van der Waals surface area contributed by atoms with E-state index in [-0.39, 0.29) is 5.75 Å². The Morgan fingerprint density at radius 3 is 2.46 bits per heavy atom. The molecule has 3 nitrogen and oxygen atoms in total. The number of thiophene rings is 1. The molecule has 1 aromatic rings. The van der Waals surface area contributed by atoms with Gasteiger partial charge in [0.1, 0.15) is 0 Å². The summed E-state index contributed by atoms with van der Waals surface area (Å²) in [5.74, 6) is -0.111. The van der Waals surface area contributed by atoms with Crippen LogP contribution in [0.2, 0.25) is 8.67 Å². The SMILES string of the molecule is NS(=O)(=O)CCc1cc(Cl)sc1Cl. The van der Waals surface area contributed by atoms with Gasteiger partial charge in [0.15, 0.2) is 0 Å². The van der Waals surface area contributed by atoms with Crippen molar-refractivity contribution in [3.05, 3.63) is 20.3 Å². The molecule has 0 fully saturated rings. The molecule has 1 heterocycles. The zero-order valence-corrected chi connectivity index (χ0v) is 9.60. The third-order valence-corrected chi connectivity index (χ3v) is 3.73. The summed E-state index contributed by atoms with van der Waals surface area (Å²) in [4.78, 5) is 0. The fraction of sp³-hybridized carbons (Fsp3) is 0.333. The average Bonchev–Trinajstić information content (AvgIpc) is 2.24. The number of aryl methyl sites for hydroxylation is 1. The maximum Gasteiger partial charge on any atom is 0.209 e. The van der Waals surface area contributed by atoms with Gasteiger partial charge in [0, 0.05) is 0 Å². The van der Waals surface area contributed by atoms with Crippen molar-refractivity contribution in [2.24, 2.45) is 5.14 Å². The second kappa shape index (κ2) is 4.14. The van der Waals surface area contributed by atoms with Gasteiger partial charge in [-0.15, -0.1) is 11.3 Å². The topological polar surface area (TPSA) is 60.2 Å². The van der Waals surface area contributed by atoms with Crippen LogP contribution in [-0.2, 0) is 16.4 Å². The minimum atomic E-state index is -3.43. The van der Waals surface area contributed by atoms with Gasteiger partial charge in [-0.1, -0.05) is 23.2 Å². The highest BCUT2D eigenvalue weighted by Crippen LogP contribution is 2.31. The predicted molar refractivity (Wildman–Crippen MR) is 56.0 cm³/mol. The fourth-order valence-electron chi connectivity index (χ4n) is 0.797. The lowest BCUT2D eigenvalue weighted by Crippen LogP contribution is -2.17. The van der Waals surface area contributed by atoms with Crippen molar-refractivity contribution in [3.63, 3.8) is 0 Å². The maximum absolute atomic E-state index is 10.6. The molecule has 0 aliphatic rings.